The van der Waals surface area contributed by atoms with Gasteiger partial charge in [-0.05, 0) is 19.1 Å². The molecule has 1 aromatic carbocycles. The second-order valence-electron chi connectivity index (χ2n) is 6.04. The molecule has 24 heavy (non-hydrogen) atoms. The highest BCUT2D eigenvalue weighted by Crippen LogP contribution is 2.26. The van der Waals surface area contributed by atoms with Crippen LogP contribution < -0.4 is 0 Å². The van der Waals surface area contributed by atoms with Gasteiger partial charge < -0.3 is 14.2 Å². The van der Waals surface area contributed by atoms with Crippen molar-refractivity contribution in [3.63, 3.8) is 0 Å². The van der Waals surface area contributed by atoms with Gasteiger partial charge in [0.15, 0.2) is 0 Å². The molecule has 1 aliphatic rings. The number of hydrogen-bond donors (Lipinski definition) is 0. The van der Waals surface area contributed by atoms with Crippen molar-refractivity contribution in [1.82, 2.24) is 10.1 Å². The van der Waals surface area contributed by atoms with Gasteiger partial charge in [-0.2, -0.15) is 5.26 Å². The molecule has 2 aromatic rings. The van der Waals surface area contributed by atoms with Crippen molar-refractivity contribution in [1.29, 1.82) is 5.26 Å². The number of aromatic nitrogens is 1. The number of nitriles is 1. The van der Waals surface area contributed by atoms with Crippen LogP contribution in [0.3, 0.4) is 0 Å². The molecule has 6 heteroatoms. The number of likely N-dealkylation sites (tertiary alicyclic amines) is 1. The zero-order valence-corrected chi connectivity index (χ0v) is 13.7. The summed E-state index contributed by atoms with van der Waals surface area (Å²) >= 11 is 0. The van der Waals surface area contributed by atoms with Gasteiger partial charge in [0.25, 0.3) is 5.91 Å². The Bertz CT molecular complexity index is 778. The highest BCUT2D eigenvalue weighted by molar-refractivity contribution is 5.96. The molecular formula is C18H19N3O3. The van der Waals surface area contributed by atoms with E-state index in [1.54, 1.807) is 36.3 Å². The summed E-state index contributed by atoms with van der Waals surface area (Å²) in [5.41, 5.74) is 1.67. The lowest BCUT2D eigenvalue weighted by atomic mass is 10.0. The quantitative estimate of drug-likeness (QED) is 0.861. The van der Waals surface area contributed by atoms with Crippen molar-refractivity contribution in [2.45, 2.75) is 19.4 Å². The second-order valence-corrected chi connectivity index (χ2v) is 6.04. The van der Waals surface area contributed by atoms with Crippen LogP contribution in [0.1, 0.15) is 27.4 Å². The minimum Gasteiger partial charge on any atom is -0.379 e. The Morgan fingerprint density at radius 3 is 2.92 bits per heavy atom. The van der Waals surface area contributed by atoms with Crippen molar-refractivity contribution in [2.75, 3.05) is 20.2 Å². The standard InChI is InChI=1S/C18H19N3O3/c1-12-7-15(24-20-12)8-14-10-21(11-17(14)23-2)18(22)16-6-4-3-5-13(16)9-19/h3-7,14,17H,8,10-11H2,1-2H3/t14-,17+/m1/s1. The molecule has 3 rings (SSSR count). The van der Waals surface area contributed by atoms with Crippen molar-refractivity contribution >= 4 is 5.91 Å². The van der Waals surface area contributed by atoms with Crippen molar-refractivity contribution in [3.05, 3.63) is 52.9 Å². The smallest absolute Gasteiger partial charge is 0.255 e. The maximum Gasteiger partial charge on any atom is 0.255 e. The average Bonchev–Trinajstić information content (AvgIpc) is 3.20. The minimum absolute atomic E-state index is 0.0615. The third-order valence-corrected chi connectivity index (χ3v) is 4.39. The number of carbonyl (C=O) groups is 1. The highest BCUT2D eigenvalue weighted by Gasteiger charge is 2.36. The summed E-state index contributed by atoms with van der Waals surface area (Å²) in [5, 5.41) is 13.1. The summed E-state index contributed by atoms with van der Waals surface area (Å²) in [4.78, 5) is 14.5. The topological polar surface area (TPSA) is 79.4 Å². The summed E-state index contributed by atoms with van der Waals surface area (Å²) in [6.45, 7) is 2.95. The molecule has 1 amide bonds. The van der Waals surface area contributed by atoms with Gasteiger partial charge in [0.05, 0.1) is 29.0 Å². The van der Waals surface area contributed by atoms with Crippen molar-refractivity contribution < 1.29 is 14.1 Å². The fraction of sp³-hybridized carbons (Fsp3) is 0.389. The van der Waals surface area contributed by atoms with E-state index < -0.39 is 0 Å². The van der Waals surface area contributed by atoms with Crippen LogP contribution >= 0.6 is 0 Å². The van der Waals surface area contributed by atoms with Crippen LogP contribution in [0.2, 0.25) is 0 Å². The number of benzene rings is 1. The van der Waals surface area contributed by atoms with Crippen LogP contribution in [-0.2, 0) is 11.2 Å². The van der Waals surface area contributed by atoms with E-state index in [0.717, 1.165) is 11.5 Å². The Morgan fingerprint density at radius 1 is 1.46 bits per heavy atom. The normalized spacial score (nSPS) is 20.1. The van der Waals surface area contributed by atoms with Gasteiger partial charge in [0, 0.05) is 38.6 Å². The van der Waals surface area contributed by atoms with E-state index in [9.17, 15) is 10.1 Å². The third kappa shape index (κ3) is 3.17. The summed E-state index contributed by atoms with van der Waals surface area (Å²) in [6, 6.07) is 10.9. The van der Waals surface area contributed by atoms with E-state index in [1.807, 2.05) is 13.0 Å². The molecule has 0 aliphatic carbocycles. The second kappa shape index (κ2) is 6.85. The molecular weight excluding hydrogens is 306 g/mol. The minimum atomic E-state index is -0.134. The molecule has 0 N–H and O–H groups in total. The van der Waals surface area contributed by atoms with E-state index in [0.29, 0.717) is 30.6 Å². The molecule has 1 aromatic heterocycles. The van der Waals surface area contributed by atoms with Crippen LogP contribution in [0.15, 0.2) is 34.9 Å². The molecule has 6 nitrogen and oxygen atoms in total. The fourth-order valence-electron chi connectivity index (χ4n) is 3.18. The highest BCUT2D eigenvalue weighted by atomic mass is 16.5. The van der Waals surface area contributed by atoms with Crippen molar-refractivity contribution in [2.24, 2.45) is 5.92 Å². The number of aryl methyl sites for hydroxylation is 1. The first kappa shape index (κ1) is 16.2. The largest absolute Gasteiger partial charge is 0.379 e. The molecule has 0 radical (unpaired) electrons. The van der Waals surface area contributed by atoms with Crippen LogP contribution in [-0.4, -0.2) is 42.3 Å². The SMILES string of the molecule is CO[C@H]1CN(C(=O)c2ccccc2C#N)C[C@H]1Cc1cc(C)no1. The Morgan fingerprint density at radius 2 is 2.25 bits per heavy atom. The zero-order chi connectivity index (χ0) is 17.1. The first-order valence-corrected chi connectivity index (χ1v) is 7.85. The Balaban J connectivity index is 1.76. The van der Waals surface area contributed by atoms with Gasteiger partial charge in [-0.25, -0.2) is 0 Å². The van der Waals surface area contributed by atoms with Crippen LogP contribution in [0.4, 0.5) is 0 Å². The zero-order valence-electron chi connectivity index (χ0n) is 13.7. The Hall–Kier alpha value is -2.65. The van der Waals surface area contributed by atoms with E-state index in [4.69, 9.17) is 9.26 Å². The van der Waals surface area contributed by atoms with Gasteiger partial charge >= 0.3 is 0 Å². The van der Waals surface area contributed by atoms with Gasteiger partial charge in [-0.3, -0.25) is 4.79 Å². The number of hydrogen-bond acceptors (Lipinski definition) is 5. The predicted molar refractivity (Wildman–Crippen MR) is 86.3 cm³/mol. The molecule has 1 fully saturated rings. The molecule has 2 heterocycles. The summed E-state index contributed by atoms with van der Waals surface area (Å²) < 4.78 is 10.8. The van der Waals surface area contributed by atoms with Gasteiger partial charge in [-0.15, -0.1) is 0 Å². The number of carbonyl (C=O) groups excluding carboxylic acids is 1. The molecule has 0 unspecified atom stereocenters. The summed E-state index contributed by atoms with van der Waals surface area (Å²) in [5.74, 6) is 0.803. The van der Waals surface area contributed by atoms with Crippen LogP contribution in [0.5, 0.6) is 0 Å². The number of nitrogens with zero attached hydrogens (tertiary/aromatic N) is 3. The molecule has 0 bridgehead atoms. The molecule has 0 spiro atoms. The maximum absolute atomic E-state index is 12.8. The lowest BCUT2D eigenvalue weighted by Crippen LogP contribution is -2.30. The van der Waals surface area contributed by atoms with Gasteiger partial charge in [0.1, 0.15) is 5.76 Å². The maximum atomic E-state index is 12.8. The van der Waals surface area contributed by atoms with Crippen LogP contribution in [0, 0.1) is 24.2 Å². The predicted octanol–water partition coefficient (Wildman–Crippen LogP) is 2.18. The van der Waals surface area contributed by atoms with E-state index in [1.165, 1.54) is 0 Å². The number of methoxy groups -OCH3 is 1. The molecule has 0 saturated carbocycles. The fourth-order valence-corrected chi connectivity index (χ4v) is 3.18. The van der Waals surface area contributed by atoms with Crippen molar-refractivity contribution in [3.8, 4) is 6.07 Å². The van der Waals surface area contributed by atoms with Crippen LogP contribution in [0.25, 0.3) is 0 Å². The lowest BCUT2D eigenvalue weighted by Gasteiger charge is -2.16. The number of ether oxygens (including phenoxy) is 1. The van der Waals surface area contributed by atoms with Gasteiger partial charge in [0.2, 0.25) is 0 Å². The van der Waals surface area contributed by atoms with E-state index >= 15 is 0 Å². The van der Waals surface area contributed by atoms with Gasteiger partial charge in [-0.1, -0.05) is 17.3 Å². The summed E-state index contributed by atoms with van der Waals surface area (Å²) in [6.07, 6.45) is 0.608. The monoisotopic (exact) mass is 325 g/mol. The first-order chi connectivity index (χ1) is 11.6. The Labute approximate surface area is 140 Å². The molecule has 1 aliphatic heterocycles. The summed E-state index contributed by atoms with van der Waals surface area (Å²) in [7, 11) is 1.65. The van der Waals surface area contributed by atoms with E-state index in [-0.39, 0.29) is 17.9 Å². The Kier molecular flexibility index (Phi) is 4.63. The number of rotatable bonds is 4. The molecule has 2 atom stereocenters. The average molecular weight is 325 g/mol. The number of amides is 1. The molecule has 1 saturated heterocycles. The first-order valence-electron chi connectivity index (χ1n) is 7.85. The van der Waals surface area contributed by atoms with E-state index in [2.05, 4.69) is 11.2 Å². The molecule has 124 valence electrons. The lowest BCUT2D eigenvalue weighted by molar-refractivity contribution is 0.0672. The third-order valence-electron chi connectivity index (χ3n) is 4.39.